The predicted octanol–water partition coefficient (Wildman–Crippen LogP) is 1.74. The van der Waals surface area contributed by atoms with Crippen molar-refractivity contribution in [1.82, 2.24) is 20.2 Å². The van der Waals surface area contributed by atoms with Crippen molar-refractivity contribution in [3.8, 4) is 0 Å². The summed E-state index contributed by atoms with van der Waals surface area (Å²) in [7, 11) is 0. The Morgan fingerprint density at radius 3 is 2.46 bits per heavy atom. The molecule has 1 aliphatic rings. The highest BCUT2D eigenvalue weighted by molar-refractivity contribution is 5.78. The van der Waals surface area contributed by atoms with Crippen LogP contribution >= 0.6 is 0 Å². The van der Waals surface area contributed by atoms with Crippen LogP contribution in [0.1, 0.15) is 18.9 Å². The number of carbonyl (C=O) groups excluding carboxylic acids is 1. The van der Waals surface area contributed by atoms with Crippen molar-refractivity contribution in [1.29, 1.82) is 0 Å². The lowest BCUT2D eigenvalue weighted by Crippen LogP contribution is -2.50. The monoisotopic (exact) mass is 353 g/mol. The molecule has 0 spiro atoms. The fourth-order valence-electron chi connectivity index (χ4n) is 3.18. The minimum absolute atomic E-state index is 0.106. The number of aryl methyl sites for hydroxylation is 1. The summed E-state index contributed by atoms with van der Waals surface area (Å²) in [6, 6.07) is 12.4. The van der Waals surface area contributed by atoms with Crippen LogP contribution in [-0.4, -0.2) is 59.5 Å². The van der Waals surface area contributed by atoms with Crippen LogP contribution in [0.3, 0.4) is 0 Å². The average Bonchev–Trinajstić information content (AvgIpc) is 2.68. The molecular formula is C20H27N5O. The zero-order valence-electron chi connectivity index (χ0n) is 15.3. The number of amides is 1. The van der Waals surface area contributed by atoms with E-state index in [1.807, 2.05) is 12.1 Å². The van der Waals surface area contributed by atoms with Crippen LogP contribution in [0.15, 0.2) is 48.8 Å². The van der Waals surface area contributed by atoms with E-state index in [1.54, 1.807) is 12.4 Å². The lowest BCUT2D eigenvalue weighted by molar-refractivity contribution is -0.122. The first-order chi connectivity index (χ1) is 12.7. The smallest absolute Gasteiger partial charge is 0.234 e. The van der Waals surface area contributed by atoms with E-state index in [0.717, 1.165) is 45.0 Å². The quantitative estimate of drug-likeness (QED) is 0.821. The molecule has 1 fully saturated rings. The Morgan fingerprint density at radius 2 is 1.77 bits per heavy atom. The minimum Gasteiger partial charge on any atom is -0.353 e. The van der Waals surface area contributed by atoms with Gasteiger partial charge in [0, 0.05) is 44.6 Å². The second kappa shape index (κ2) is 9.29. The van der Waals surface area contributed by atoms with Crippen molar-refractivity contribution in [2.75, 3.05) is 37.6 Å². The molecule has 0 radical (unpaired) electrons. The number of nitrogens with zero attached hydrogens (tertiary/aromatic N) is 4. The number of benzene rings is 1. The zero-order chi connectivity index (χ0) is 18.2. The first-order valence-corrected chi connectivity index (χ1v) is 9.28. The molecule has 1 aromatic heterocycles. The molecule has 1 N–H and O–H groups in total. The van der Waals surface area contributed by atoms with Crippen molar-refractivity contribution in [3.63, 3.8) is 0 Å². The summed E-state index contributed by atoms with van der Waals surface area (Å²) < 4.78 is 0. The van der Waals surface area contributed by atoms with Crippen LogP contribution in [0, 0.1) is 0 Å². The topological polar surface area (TPSA) is 61.4 Å². The molecule has 0 aliphatic carbocycles. The number of nitrogens with one attached hydrogen (secondary N) is 1. The largest absolute Gasteiger partial charge is 0.353 e. The van der Waals surface area contributed by atoms with Gasteiger partial charge in [0.25, 0.3) is 0 Å². The SMILES string of the molecule is CC(CCc1ccccc1)NC(=O)CN1CCN(c2ncccn2)CC1. The highest BCUT2D eigenvalue weighted by Gasteiger charge is 2.20. The van der Waals surface area contributed by atoms with Crippen molar-refractivity contribution in [2.24, 2.45) is 0 Å². The maximum Gasteiger partial charge on any atom is 0.234 e. The summed E-state index contributed by atoms with van der Waals surface area (Å²) >= 11 is 0. The second-order valence-corrected chi connectivity index (χ2v) is 6.80. The van der Waals surface area contributed by atoms with E-state index in [9.17, 15) is 4.79 Å². The van der Waals surface area contributed by atoms with Crippen LogP contribution in [0.4, 0.5) is 5.95 Å². The molecular weight excluding hydrogens is 326 g/mol. The predicted molar refractivity (Wildman–Crippen MR) is 103 cm³/mol. The number of hydrogen-bond donors (Lipinski definition) is 1. The molecule has 1 unspecified atom stereocenters. The molecule has 6 nitrogen and oxygen atoms in total. The Labute approximate surface area is 155 Å². The number of aromatic nitrogens is 2. The van der Waals surface area contributed by atoms with Gasteiger partial charge in [0.1, 0.15) is 0 Å². The fraction of sp³-hybridized carbons (Fsp3) is 0.450. The third kappa shape index (κ3) is 5.52. The van der Waals surface area contributed by atoms with Crippen LogP contribution in [-0.2, 0) is 11.2 Å². The molecule has 6 heteroatoms. The number of carbonyl (C=O) groups is 1. The van der Waals surface area contributed by atoms with E-state index in [2.05, 4.69) is 56.3 Å². The third-order valence-electron chi connectivity index (χ3n) is 4.69. The van der Waals surface area contributed by atoms with E-state index in [4.69, 9.17) is 0 Å². The first-order valence-electron chi connectivity index (χ1n) is 9.28. The Kier molecular flexibility index (Phi) is 6.55. The Balaban J connectivity index is 1.36. The van der Waals surface area contributed by atoms with Gasteiger partial charge in [-0.15, -0.1) is 0 Å². The first kappa shape index (κ1) is 18.3. The van der Waals surface area contributed by atoms with Crippen molar-refractivity contribution in [2.45, 2.75) is 25.8 Å². The highest BCUT2D eigenvalue weighted by Crippen LogP contribution is 2.09. The van der Waals surface area contributed by atoms with Gasteiger partial charge in [-0.05, 0) is 31.4 Å². The average molecular weight is 353 g/mol. The van der Waals surface area contributed by atoms with Gasteiger partial charge in [-0.2, -0.15) is 0 Å². The van der Waals surface area contributed by atoms with E-state index < -0.39 is 0 Å². The maximum absolute atomic E-state index is 12.3. The molecule has 1 aromatic carbocycles. The lowest BCUT2D eigenvalue weighted by atomic mass is 10.1. The molecule has 3 rings (SSSR count). The summed E-state index contributed by atoms with van der Waals surface area (Å²) in [6.07, 6.45) is 5.46. The lowest BCUT2D eigenvalue weighted by Gasteiger charge is -2.34. The van der Waals surface area contributed by atoms with Gasteiger partial charge >= 0.3 is 0 Å². The molecule has 0 bridgehead atoms. The second-order valence-electron chi connectivity index (χ2n) is 6.80. The molecule has 138 valence electrons. The molecule has 0 saturated carbocycles. The van der Waals surface area contributed by atoms with Crippen LogP contribution in [0.2, 0.25) is 0 Å². The highest BCUT2D eigenvalue weighted by atomic mass is 16.2. The van der Waals surface area contributed by atoms with Gasteiger partial charge in [0.05, 0.1) is 6.54 Å². The molecule has 1 atom stereocenters. The van der Waals surface area contributed by atoms with Crippen LogP contribution < -0.4 is 10.2 Å². The molecule has 2 aromatic rings. The Bertz CT molecular complexity index is 671. The number of piperazine rings is 1. The van der Waals surface area contributed by atoms with Gasteiger partial charge in [-0.3, -0.25) is 9.69 Å². The van der Waals surface area contributed by atoms with E-state index in [1.165, 1.54) is 5.56 Å². The molecule has 1 amide bonds. The summed E-state index contributed by atoms with van der Waals surface area (Å²) in [4.78, 5) is 25.2. The van der Waals surface area contributed by atoms with Crippen molar-refractivity contribution >= 4 is 11.9 Å². The molecule has 26 heavy (non-hydrogen) atoms. The van der Waals surface area contributed by atoms with E-state index >= 15 is 0 Å². The summed E-state index contributed by atoms with van der Waals surface area (Å²) in [5.41, 5.74) is 1.31. The molecule has 1 aliphatic heterocycles. The van der Waals surface area contributed by atoms with Crippen molar-refractivity contribution in [3.05, 3.63) is 54.4 Å². The summed E-state index contributed by atoms with van der Waals surface area (Å²) in [5.74, 6) is 0.876. The third-order valence-corrected chi connectivity index (χ3v) is 4.69. The number of anilines is 1. The van der Waals surface area contributed by atoms with Gasteiger partial charge in [0.2, 0.25) is 11.9 Å². The van der Waals surface area contributed by atoms with Crippen LogP contribution in [0.5, 0.6) is 0 Å². The standard InChI is InChI=1S/C20H27N5O/c1-17(8-9-18-6-3-2-4-7-18)23-19(26)16-24-12-14-25(15-13-24)20-21-10-5-11-22-20/h2-7,10-11,17H,8-9,12-16H2,1H3,(H,23,26). The molecule has 1 saturated heterocycles. The Morgan fingerprint density at radius 1 is 1.08 bits per heavy atom. The number of hydrogen-bond acceptors (Lipinski definition) is 5. The maximum atomic E-state index is 12.3. The van der Waals surface area contributed by atoms with Gasteiger partial charge in [-0.25, -0.2) is 9.97 Å². The Hall–Kier alpha value is -2.47. The normalized spacial score (nSPS) is 16.3. The van der Waals surface area contributed by atoms with E-state index in [0.29, 0.717) is 6.54 Å². The van der Waals surface area contributed by atoms with Crippen LogP contribution in [0.25, 0.3) is 0 Å². The molecule has 2 heterocycles. The van der Waals surface area contributed by atoms with Gasteiger partial charge < -0.3 is 10.2 Å². The van der Waals surface area contributed by atoms with Gasteiger partial charge in [-0.1, -0.05) is 30.3 Å². The minimum atomic E-state index is 0.106. The summed E-state index contributed by atoms with van der Waals surface area (Å²) in [5, 5.41) is 3.12. The van der Waals surface area contributed by atoms with Gasteiger partial charge in [0.15, 0.2) is 0 Å². The number of rotatable bonds is 7. The van der Waals surface area contributed by atoms with Crippen molar-refractivity contribution < 1.29 is 4.79 Å². The summed E-state index contributed by atoms with van der Waals surface area (Å²) in [6.45, 7) is 5.93. The fourth-order valence-corrected chi connectivity index (χ4v) is 3.18. The zero-order valence-corrected chi connectivity index (χ0v) is 15.3. The van der Waals surface area contributed by atoms with E-state index in [-0.39, 0.29) is 11.9 Å².